The van der Waals surface area contributed by atoms with Crippen LogP contribution in [0.15, 0.2) is 10.5 Å². The van der Waals surface area contributed by atoms with Crippen LogP contribution < -0.4 is 5.32 Å². The first-order valence-corrected chi connectivity index (χ1v) is 8.47. The van der Waals surface area contributed by atoms with Crippen molar-refractivity contribution in [2.75, 3.05) is 5.32 Å². The molecule has 1 N–H and O–H groups in total. The SMILES string of the molecule is CC[C@H](Br)C(=O)Nc1nc2c(Br)cc(C)c(C)c2s1. The molecule has 0 fully saturated rings. The number of hydrogen-bond acceptors (Lipinski definition) is 3. The number of carbonyl (C=O) groups is 1. The second-order valence-corrected chi connectivity index (χ2v) is 7.32. The van der Waals surface area contributed by atoms with Gasteiger partial charge in [0, 0.05) is 4.47 Å². The molecule has 0 aliphatic carbocycles. The number of alkyl halides is 1. The van der Waals surface area contributed by atoms with Crippen LogP contribution in [0.4, 0.5) is 5.13 Å². The van der Waals surface area contributed by atoms with E-state index in [9.17, 15) is 4.79 Å². The zero-order valence-electron chi connectivity index (χ0n) is 10.9. The van der Waals surface area contributed by atoms with Crippen LogP contribution in [-0.2, 0) is 4.79 Å². The van der Waals surface area contributed by atoms with Gasteiger partial charge < -0.3 is 5.32 Å². The van der Waals surface area contributed by atoms with E-state index in [1.807, 2.05) is 6.92 Å². The third-order valence-corrected chi connectivity index (χ3v) is 5.76. The zero-order valence-corrected chi connectivity index (χ0v) is 14.9. The molecule has 1 aromatic carbocycles. The average Bonchev–Trinajstić information content (AvgIpc) is 2.79. The van der Waals surface area contributed by atoms with Crippen molar-refractivity contribution in [2.45, 2.75) is 32.0 Å². The lowest BCUT2D eigenvalue weighted by Gasteiger charge is -2.04. The number of nitrogens with one attached hydrogen (secondary N) is 1. The maximum atomic E-state index is 11.9. The maximum Gasteiger partial charge on any atom is 0.239 e. The van der Waals surface area contributed by atoms with Gasteiger partial charge in [-0.3, -0.25) is 4.79 Å². The number of rotatable bonds is 3. The van der Waals surface area contributed by atoms with E-state index in [-0.39, 0.29) is 10.7 Å². The number of amides is 1. The fourth-order valence-corrected chi connectivity index (χ4v) is 3.63. The number of anilines is 1. The summed E-state index contributed by atoms with van der Waals surface area (Å²) in [6.07, 6.45) is 0.749. The van der Waals surface area contributed by atoms with Gasteiger partial charge in [-0.2, -0.15) is 0 Å². The number of thiazole rings is 1. The van der Waals surface area contributed by atoms with Crippen molar-refractivity contribution >= 4 is 64.5 Å². The summed E-state index contributed by atoms with van der Waals surface area (Å²) in [4.78, 5) is 16.2. The summed E-state index contributed by atoms with van der Waals surface area (Å²) in [6, 6.07) is 2.06. The van der Waals surface area contributed by atoms with Gasteiger partial charge in [0.1, 0.15) is 0 Å². The summed E-state index contributed by atoms with van der Waals surface area (Å²) in [6.45, 7) is 6.11. The van der Waals surface area contributed by atoms with Gasteiger partial charge in [-0.1, -0.05) is 34.2 Å². The molecule has 102 valence electrons. The lowest BCUT2D eigenvalue weighted by atomic mass is 10.1. The van der Waals surface area contributed by atoms with Crippen molar-refractivity contribution in [2.24, 2.45) is 0 Å². The third-order valence-electron chi connectivity index (χ3n) is 3.00. The van der Waals surface area contributed by atoms with E-state index in [2.05, 4.69) is 62.1 Å². The fraction of sp³-hybridized carbons (Fsp3) is 0.385. The lowest BCUT2D eigenvalue weighted by Crippen LogP contribution is -2.21. The van der Waals surface area contributed by atoms with Crippen molar-refractivity contribution in [3.63, 3.8) is 0 Å². The number of aromatic nitrogens is 1. The van der Waals surface area contributed by atoms with E-state index in [0.717, 1.165) is 21.1 Å². The van der Waals surface area contributed by atoms with Crippen LogP contribution in [0, 0.1) is 13.8 Å². The lowest BCUT2D eigenvalue weighted by molar-refractivity contribution is -0.115. The summed E-state index contributed by atoms with van der Waals surface area (Å²) >= 11 is 8.38. The van der Waals surface area contributed by atoms with Crippen LogP contribution in [0.25, 0.3) is 10.2 Å². The highest BCUT2D eigenvalue weighted by Gasteiger charge is 2.16. The largest absolute Gasteiger partial charge is 0.301 e. The molecule has 1 heterocycles. The van der Waals surface area contributed by atoms with Crippen LogP contribution in [0.2, 0.25) is 0 Å². The molecule has 0 unspecified atom stereocenters. The van der Waals surface area contributed by atoms with Gasteiger partial charge >= 0.3 is 0 Å². The van der Waals surface area contributed by atoms with Gasteiger partial charge in [-0.05, 0) is 53.4 Å². The standard InChI is InChI=1S/C13H14Br2N2OS/c1-4-8(14)12(18)17-13-16-10-9(15)5-6(2)7(3)11(10)19-13/h5,8H,4H2,1-3H3,(H,16,17,18)/t8-/m0/s1. The Balaban J connectivity index is 2.40. The summed E-state index contributed by atoms with van der Waals surface area (Å²) in [5.74, 6) is -0.0490. The minimum atomic E-state index is -0.175. The normalized spacial score (nSPS) is 12.7. The number of carbonyl (C=O) groups excluding carboxylic acids is 1. The Bertz CT molecular complexity index is 639. The van der Waals surface area contributed by atoms with Gasteiger partial charge in [-0.15, -0.1) is 0 Å². The van der Waals surface area contributed by atoms with Crippen LogP contribution in [-0.4, -0.2) is 15.7 Å². The predicted octanol–water partition coefficient (Wildman–Crippen LogP) is 4.79. The van der Waals surface area contributed by atoms with Crippen LogP contribution >= 0.6 is 43.2 Å². The Morgan fingerprint density at radius 2 is 2.21 bits per heavy atom. The Kier molecular flexibility index (Phi) is 4.63. The zero-order chi connectivity index (χ0) is 14.2. The van der Waals surface area contributed by atoms with Crippen molar-refractivity contribution in [3.8, 4) is 0 Å². The molecule has 3 nitrogen and oxygen atoms in total. The molecule has 0 bridgehead atoms. The molecule has 1 aromatic heterocycles. The number of nitrogens with zero attached hydrogens (tertiary/aromatic N) is 1. The van der Waals surface area contributed by atoms with E-state index < -0.39 is 0 Å². The molecular formula is C13H14Br2N2OS. The highest BCUT2D eigenvalue weighted by atomic mass is 79.9. The number of benzene rings is 1. The topological polar surface area (TPSA) is 42.0 Å². The quantitative estimate of drug-likeness (QED) is 0.746. The minimum Gasteiger partial charge on any atom is -0.301 e. The first-order chi connectivity index (χ1) is 8.93. The smallest absolute Gasteiger partial charge is 0.239 e. The highest BCUT2D eigenvalue weighted by Crippen LogP contribution is 2.35. The molecule has 6 heteroatoms. The van der Waals surface area contributed by atoms with E-state index >= 15 is 0 Å². The summed E-state index contributed by atoms with van der Waals surface area (Å²) in [5, 5.41) is 3.50. The average molecular weight is 406 g/mol. The molecule has 19 heavy (non-hydrogen) atoms. The Labute approximate surface area is 133 Å². The second-order valence-electron chi connectivity index (χ2n) is 4.36. The third kappa shape index (κ3) is 3.01. The second kappa shape index (κ2) is 5.89. The Hall–Kier alpha value is -0.460. The van der Waals surface area contributed by atoms with E-state index in [4.69, 9.17) is 0 Å². The van der Waals surface area contributed by atoms with Crippen molar-refractivity contribution < 1.29 is 4.79 Å². The first-order valence-electron chi connectivity index (χ1n) is 5.95. The molecule has 1 atom stereocenters. The summed E-state index contributed by atoms with van der Waals surface area (Å²) in [5.41, 5.74) is 3.33. The molecule has 0 saturated heterocycles. The monoisotopic (exact) mass is 404 g/mol. The van der Waals surface area contributed by atoms with Crippen LogP contribution in [0.3, 0.4) is 0 Å². The van der Waals surface area contributed by atoms with Crippen molar-refractivity contribution in [3.05, 3.63) is 21.7 Å². The molecule has 0 spiro atoms. The maximum absolute atomic E-state index is 11.9. The molecule has 0 aliphatic heterocycles. The number of fused-ring (bicyclic) bond motifs is 1. The van der Waals surface area contributed by atoms with Gasteiger partial charge in [0.05, 0.1) is 15.0 Å². The first kappa shape index (κ1) is 14.9. The number of aryl methyl sites for hydroxylation is 2. The van der Waals surface area contributed by atoms with Gasteiger partial charge in [0.25, 0.3) is 0 Å². The molecule has 2 rings (SSSR count). The number of hydrogen-bond donors (Lipinski definition) is 1. The van der Waals surface area contributed by atoms with Crippen LogP contribution in [0.1, 0.15) is 24.5 Å². The molecular weight excluding hydrogens is 392 g/mol. The van der Waals surface area contributed by atoms with Crippen LogP contribution in [0.5, 0.6) is 0 Å². The van der Waals surface area contributed by atoms with Crippen molar-refractivity contribution in [1.82, 2.24) is 4.98 Å². The Morgan fingerprint density at radius 1 is 1.53 bits per heavy atom. The Morgan fingerprint density at radius 3 is 2.84 bits per heavy atom. The fourth-order valence-electron chi connectivity index (χ4n) is 1.70. The van der Waals surface area contributed by atoms with E-state index in [0.29, 0.717) is 5.13 Å². The van der Waals surface area contributed by atoms with E-state index in [1.165, 1.54) is 22.5 Å². The van der Waals surface area contributed by atoms with Crippen molar-refractivity contribution in [1.29, 1.82) is 0 Å². The molecule has 0 aliphatic rings. The number of halogens is 2. The van der Waals surface area contributed by atoms with Gasteiger partial charge in [0.15, 0.2) is 5.13 Å². The van der Waals surface area contributed by atoms with E-state index in [1.54, 1.807) is 0 Å². The summed E-state index contributed by atoms with van der Waals surface area (Å²) < 4.78 is 2.08. The molecule has 0 saturated carbocycles. The minimum absolute atomic E-state index is 0.0490. The predicted molar refractivity (Wildman–Crippen MR) is 88.4 cm³/mol. The summed E-state index contributed by atoms with van der Waals surface area (Å²) in [7, 11) is 0. The molecule has 1 amide bonds. The molecule has 0 radical (unpaired) electrons. The van der Waals surface area contributed by atoms with Gasteiger partial charge in [0.2, 0.25) is 5.91 Å². The van der Waals surface area contributed by atoms with Gasteiger partial charge in [-0.25, -0.2) is 4.98 Å². The highest BCUT2D eigenvalue weighted by molar-refractivity contribution is 9.10. The molecule has 2 aromatic rings.